The van der Waals surface area contributed by atoms with Crippen molar-refractivity contribution in [1.82, 2.24) is 29.4 Å². The van der Waals surface area contributed by atoms with E-state index in [-0.39, 0.29) is 18.1 Å². The van der Waals surface area contributed by atoms with Crippen LogP contribution in [0.4, 0.5) is 28.9 Å². The first-order valence-electron chi connectivity index (χ1n) is 12.7. The summed E-state index contributed by atoms with van der Waals surface area (Å²) in [5.41, 5.74) is 2.98. The molecule has 2 amide bonds. The summed E-state index contributed by atoms with van der Waals surface area (Å²) < 4.78 is 49.4. The standard InChI is InChI=1S/C24H27FN8O2.C2HF3O2/c1-15-11-32-12-16(10-19(25)23(32)27-15)28-24(35)17-4-5-20(31-8-6-26-7-9-31)18-13-33(29-22(17)18)14-21(34)30(2)3;3-2(4,5)1(6)7/h4-5,10-13,26H,6-9,14H2,1-3H3,(H,28,35);(H,6,7). The maximum Gasteiger partial charge on any atom is 0.490 e. The van der Waals surface area contributed by atoms with Crippen molar-refractivity contribution in [2.24, 2.45) is 0 Å². The Morgan fingerprint density at radius 2 is 1.79 bits per heavy atom. The summed E-state index contributed by atoms with van der Waals surface area (Å²) >= 11 is 0. The van der Waals surface area contributed by atoms with Crippen molar-refractivity contribution >= 4 is 45.7 Å². The average molecular weight is 593 g/mol. The number of aliphatic carboxylic acids is 1. The summed E-state index contributed by atoms with van der Waals surface area (Å²) in [4.78, 5) is 42.4. The second kappa shape index (κ2) is 12.0. The quantitative estimate of drug-likeness (QED) is 0.301. The van der Waals surface area contributed by atoms with Gasteiger partial charge in [-0.3, -0.25) is 14.3 Å². The van der Waals surface area contributed by atoms with E-state index < -0.39 is 23.9 Å². The molecule has 4 aromatic rings. The van der Waals surface area contributed by atoms with E-state index in [0.29, 0.717) is 22.5 Å². The Bertz CT molecular complexity index is 1640. The Hall–Kier alpha value is -4.73. The number of piperazine rings is 1. The number of halogens is 4. The van der Waals surface area contributed by atoms with Gasteiger partial charge < -0.3 is 29.9 Å². The highest BCUT2D eigenvalue weighted by atomic mass is 19.4. The highest BCUT2D eigenvalue weighted by molar-refractivity contribution is 6.14. The predicted octanol–water partition coefficient (Wildman–Crippen LogP) is 2.51. The Labute approximate surface area is 236 Å². The molecule has 0 saturated carbocycles. The van der Waals surface area contributed by atoms with E-state index in [1.165, 1.54) is 11.0 Å². The summed E-state index contributed by atoms with van der Waals surface area (Å²) in [6.07, 6.45) is 0.0415. The van der Waals surface area contributed by atoms with Crippen molar-refractivity contribution in [3.8, 4) is 0 Å². The number of imidazole rings is 1. The molecule has 4 heterocycles. The van der Waals surface area contributed by atoms with Gasteiger partial charge in [-0.25, -0.2) is 14.2 Å². The third kappa shape index (κ3) is 6.76. The smallest absolute Gasteiger partial charge is 0.475 e. The van der Waals surface area contributed by atoms with E-state index in [9.17, 15) is 27.2 Å². The number of alkyl halides is 3. The first-order chi connectivity index (χ1) is 19.7. The van der Waals surface area contributed by atoms with Crippen LogP contribution in [-0.2, 0) is 16.1 Å². The molecular formula is C26H28F4N8O4. The fraction of sp³-hybridized carbons (Fsp3) is 0.346. The van der Waals surface area contributed by atoms with Gasteiger partial charge in [-0.05, 0) is 19.1 Å². The molecule has 12 nitrogen and oxygen atoms in total. The molecule has 1 saturated heterocycles. The van der Waals surface area contributed by atoms with E-state index in [4.69, 9.17) is 9.90 Å². The summed E-state index contributed by atoms with van der Waals surface area (Å²) in [6.45, 7) is 5.21. The van der Waals surface area contributed by atoms with Crippen LogP contribution in [0.1, 0.15) is 16.1 Å². The molecule has 224 valence electrons. The van der Waals surface area contributed by atoms with Crippen LogP contribution < -0.4 is 15.5 Å². The number of carbonyl (C=O) groups is 3. The number of hydrogen-bond acceptors (Lipinski definition) is 7. The number of aromatic nitrogens is 4. The van der Waals surface area contributed by atoms with Gasteiger partial charge in [-0.15, -0.1) is 0 Å². The van der Waals surface area contributed by atoms with Crippen LogP contribution in [0.2, 0.25) is 0 Å². The molecule has 0 radical (unpaired) electrons. The Morgan fingerprint density at radius 1 is 1.12 bits per heavy atom. The number of nitrogens with zero attached hydrogens (tertiary/aromatic N) is 6. The van der Waals surface area contributed by atoms with Crippen molar-refractivity contribution in [1.29, 1.82) is 0 Å². The van der Waals surface area contributed by atoms with Gasteiger partial charge in [0.05, 0.1) is 16.9 Å². The van der Waals surface area contributed by atoms with Crippen LogP contribution in [0.5, 0.6) is 0 Å². The first kappa shape index (κ1) is 30.2. The fourth-order valence-corrected chi connectivity index (χ4v) is 4.31. The largest absolute Gasteiger partial charge is 0.490 e. The molecule has 0 spiro atoms. The van der Waals surface area contributed by atoms with Crippen LogP contribution >= 0.6 is 0 Å². The fourth-order valence-electron chi connectivity index (χ4n) is 4.31. The number of hydrogen-bond donors (Lipinski definition) is 3. The van der Waals surface area contributed by atoms with E-state index in [1.54, 1.807) is 48.6 Å². The number of anilines is 2. The molecule has 0 aliphatic carbocycles. The maximum absolute atomic E-state index is 14.5. The highest BCUT2D eigenvalue weighted by Crippen LogP contribution is 2.30. The molecule has 0 unspecified atom stereocenters. The van der Waals surface area contributed by atoms with Crippen molar-refractivity contribution in [2.75, 3.05) is 50.5 Å². The number of likely N-dealkylation sites (N-methyl/N-ethyl adjacent to an activating group) is 1. The van der Waals surface area contributed by atoms with Gasteiger partial charge in [-0.1, -0.05) is 0 Å². The SMILES string of the molecule is Cc1cn2cc(NC(=O)c3ccc(N4CCNCC4)c4cn(CC(=O)N(C)C)nc34)cc(F)c2n1.O=C(O)C(F)(F)F. The first-order valence-corrected chi connectivity index (χ1v) is 12.7. The molecule has 0 bridgehead atoms. The second-order valence-electron chi connectivity index (χ2n) is 9.69. The summed E-state index contributed by atoms with van der Waals surface area (Å²) in [5, 5.41) is 18.6. The van der Waals surface area contributed by atoms with Crippen LogP contribution in [0.3, 0.4) is 0 Å². The molecule has 3 aromatic heterocycles. The maximum atomic E-state index is 14.5. The number of benzene rings is 1. The van der Waals surface area contributed by atoms with Gasteiger partial charge in [0.1, 0.15) is 12.1 Å². The lowest BCUT2D eigenvalue weighted by Crippen LogP contribution is -2.43. The topological polar surface area (TPSA) is 137 Å². The Morgan fingerprint density at radius 3 is 2.40 bits per heavy atom. The molecule has 3 N–H and O–H groups in total. The van der Waals surface area contributed by atoms with Crippen LogP contribution in [0.25, 0.3) is 16.6 Å². The molecule has 42 heavy (non-hydrogen) atoms. The zero-order chi connectivity index (χ0) is 30.8. The monoisotopic (exact) mass is 592 g/mol. The van der Waals surface area contributed by atoms with Crippen LogP contribution in [0.15, 0.2) is 36.8 Å². The molecule has 1 aliphatic rings. The van der Waals surface area contributed by atoms with Gasteiger partial charge in [0.2, 0.25) is 5.91 Å². The van der Waals surface area contributed by atoms with Gasteiger partial charge in [0.25, 0.3) is 5.91 Å². The predicted molar refractivity (Wildman–Crippen MR) is 145 cm³/mol. The number of carboxylic acid groups (broad SMARTS) is 1. The number of aryl methyl sites for hydroxylation is 1. The number of carbonyl (C=O) groups excluding carboxylic acids is 2. The summed E-state index contributed by atoms with van der Waals surface area (Å²) in [7, 11) is 3.38. The highest BCUT2D eigenvalue weighted by Gasteiger charge is 2.38. The number of amides is 2. The number of pyridine rings is 1. The van der Waals surface area contributed by atoms with Gasteiger partial charge in [0, 0.05) is 76.0 Å². The van der Waals surface area contributed by atoms with E-state index in [0.717, 1.165) is 37.3 Å². The molecule has 5 rings (SSSR count). The van der Waals surface area contributed by atoms with Gasteiger partial charge in [0.15, 0.2) is 11.5 Å². The summed E-state index contributed by atoms with van der Waals surface area (Å²) in [5.74, 6) is -3.80. The lowest BCUT2D eigenvalue weighted by atomic mass is 10.1. The number of nitrogens with one attached hydrogen (secondary N) is 2. The molecule has 16 heteroatoms. The average Bonchev–Trinajstić information content (AvgIpc) is 3.51. The van der Waals surface area contributed by atoms with Crippen molar-refractivity contribution < 1.29 is 37.1 Å². The lowest BCUT2D eigenvalue weighted by Gasteiger charge is -2.30. The number of carboxylic acids is 1. The Balaban J connectivity index is 0.000000517. The van der Waals surface area contributed by atoms with Crippen LogP contribution in [-0.4, -0.2) is 93.4 Å². The van der Waals surface area contributed by atoms with Gasteiger partial charge in [-0.2, -0.15) is 18.3 Å². The lowest BCUT2D eigenvalue weighted by molar-refractivity contribution is -0.192. The molecule has 1 aromatic carbocycles. The second-order valence-corrected chi connectivity index (χ2v) is 9.69. The zero-order valence-electron chi connectivity index (χ0n) is 22.9. The van der Waals surface area contributed by atoms with Crippen molar-refractivity contribution in [2.45, 2.75) is 19.6 Å². The third-order valence-electron chi connectivity index (χ3n) is 6.33. The van der Waals surface area contributed by atoms with Crippen molar-refractivity contribution in [3.05, 3.63) is 53.9 Å². The third-order valence-corrected chi connectivity index (χ3v) is 6.33. The minimum Gasteiger partial charge on any atom is -0.475 e. The van der Waals surface area contributed by atoms with Gasteiger partial charge >= 0.3 is 12.1 Å². The summed E-state index contributed by atoms with van der Waals surface area (Å²) in [6, 6.07) is 4.89. The van der Waals surface area contributed by atoms with E-state index in [1.807, 2.05) is 12.3 Å². The molecule has 1 fully saturated rings. The number of fused-ring (bicyclic) bond motifs is 2. The molecule has 1 aliphatic heterocycles. The minimum absolute atomic E-state index is 0.0611. The molecular weight excluding hydrogens is 564 g/mol. The minimum atomic E-state index is -5.08. The normalized spacial score (nSPS) is 13.5. The number of rotatable bonds is 5. The van der Waals surface area contributed by atoms with E-state index >= 15 is 0 Å². The Kier molecular flexibility index (Phi) is 8.65. The van der Waals surface area contributed by atoms with Crippen molar-refractivity contribution in [3.63, 3.8) is 0 Å². The molecule has 0 atom stereocenters. The van der Waals surface area contributed by atoms with Crippen LogP contribution in [0, 0.1) is 12.7 Å². The zero-order valence-corrected chi connectivity index (χ0v) is 22.9. The van der Waals surface area contributed by atoms with E-state index in [2.05, 4.69) is 25.6 Å².